The van der Waals surface area contributed by atoms with Crippen molar-refractivity contribution in [2.75, 3.05) is 37.1 Å². The van der Waals surface area contributed by atoms with Crippen LogP contribution in [-0.4, -0.2) is 69.4 Å². The van der Waals surface area contributed by atoms with Crippen LogP contribution < -0.4 is 10.6 Å². The second-order valence-electron chi connectivity index (χ2n) is 9.02. The molecule has 0 radical (unpaired) electrons. The van der Waals surface area contributed by atoms with Crippen LogP contribution in [0.15, 0.2) is 17.0 Å². The first-order valence-electron chi connectivity index (χ1n) is 10.1. The summed E-state index contributed by atoms with van der Waals surface area (Å²) in [5.41, 5.74) is 5.37. The number of hydrogen-bond acceptors (Lipinski definition) is 8. The number of ether oxygens (including phenoxy) is 2. The molecule has 1 heterocycles. The minimum absolute atomic E-state index is 0.0411. The summed E-state index contributed by atoms with van der Waals surface area (Å²) < 4.78 is 34.8. The number of benzene rings is 1. The number of nitrogens with two attached hydrogens (primary N) is 1. The zero-order valence-corrected chi connectivity index (χ0v) is 20.3. The van der Waals surface area contributed by atoms with Gasteiger partial charge in [0.2, 0.25) is 5.91 Å². The third kappa shape index (κ3) is 5.32. The van der Waals surface area contributed by atoms with Gasteiger partial charge in [-0.3, -0.25) is 9.69 Å². The van der Waals surface area contributed by atoms with Crippen LogP contribution in [0.4, 0.5) is 16.2 Å². The van der Waals surface area contributed by atoms with Crippen molar-refractivity contribution in [2.45, 2.75) is 51.2 Å². The number of anilines is 2. The molecular formula is C21H31N3O7S. The summed E-state index contributed by atoms with van der Waals surface area (Å²) in [4.78, 5) is 40.6. The van der Waals surface area contributed by atoms with Gasteiger partial charge in [0.05, 0.1) is 28.9 Å². The molecule has 2 amide bonds. The number of carbonyl (C=O) groups excluding carboxylic acids is 3. The molecule has 10 nitrogen and oxygen atoms in total. The molecule has 32 heavy (non-hydrogen) atoms. The Morgan fingerprint density at radius 2 is 1.78 bits per heavy atom. The van der Waals surface area contributed by atoms with E-state index in [0.29, 0.717) is 0 Å². The van der Waals surface area contributed by atoms with Crippen LogP contribution in [0.1, 0.15) is 45.0 Å². The van der Waals surface area contributed by atoms with Crippen LogP contribution >= 0.6 is 0 Å². The van der Waals surface area contributed by atoms with Gasteiger partial charge in [-0.15, -0.1) is 0 Å². The quantitative estimate of drug-likeness (QED) is 0.523. The fourth-order valence-corrected chi connectivity index (χ4v) is 4.42. The van der Waals surface area contributed by atoms with Crippen LogP contribution in [0.5, 0.6) is 0 Å². The van der Waals surface area contributed by atoms with Crippen molar-refractivity contribution in [1.29, 1.82) is 0 Å². The Morgan fingerprint density at radius 3 is 2.25 bits per heavy atom. The number of esters is 1. The lowest BCUT2D eigenvalue weighted by Gasteiger charge is -2.42. The molecule has 1 aliphatic rings. The van der Waals surface area contributed by atoms with Gasteiger partial charge < -0.3 is 20.1 Å². The molecule has 0 unspecified atom stereocenters. The number of carbonyl (C=O) groups is 3. The Balaban J connectivity index is 2.52. The summed E-state index contributed by atoms with van der Waals surface area (Å²) in [6, 6.07) is 1.56. The molecular weight excluding hydrogens is 438 g/mol. The number of rotatable bonds is 4. The Labute approximate surface area is 188 Å². The number of sulfone groups is 1. The maximum absolute atomic E-state index is 13.4. The Bertz CT molecular complexity index is 1030. The highest BCUT2D eigenvalue weighted by atomic mass is 32.2. The first-order valence-corrected chi connectivity index (χ1v) is 12.0. The summed E-state index contributed by atoms with van der Waals surface area (Å²) in [6.45, 7) is 9.06. The number of piperazine rings is 1. The average Bonchev–Trinajstić information content (AvgIpc) is 2.64. The van der Waals surface area contributed by atoms with E-state index >= 15 is 0 Å². The highest BCUT2D eigenvalue weighted by molar-refractivity contribution is 7.90. The maximum Gasteiger partial charge on any atom is 0.411 e. The molecule has 1 atom stereocenters. The summed E-state index contributed by atoms with van der Waals surface area (Å²) in [7, 11) is -2.71. The highest BCUT2D eigenvalue weighted by Crippen LogP contribution is 2.34. The molecule has 1 aromatic rings. The molecule has 0 saturated carbocycles. The predicted octanol–water partition coefficient (Wildman–Crippen LogP) is 2.07. The standard InChI is InChI=1S/C21H31N3O7S/c1-12(2)17-18(25)23(8-9-24(17)20(27)31-21(3,4)5)15-11-16(32(7,28)29)13(10-14(15)22)19(26)30-6/h10-12,17H,8-9,22H2,1-7H3/t17-/m1/s1. The number of methoxy groups -OCH3 is 1. The Morgan fingerprint density at radius 1 is 1.19 bits per heavy atom. The molecule has 1 fully saturated rings. The van der Waals surface area contributed by atoms with Crippen molar-refractivity contribution < 1.29 is 32.3 Å². The number of nitrogen functional groups attached to an aromatic ring is 1. The largest absolute Gasteiger partial charge is 0.465 e. The van der Waals surface area contributed by atoms with Crippen LogP contribution in [0.3, 0.4) is 0 Å². The minimum Gasteiger partial charge on any atom is -0.465 e. The van der Waals surface area contributed by atoms with Gasteiger partial charge in [-0.2, -0.15) is 0 Å². The molecule has 0 spiro atoms. The molecule has 0 bridgehead atoms. The van der Waals surface area contributed by atoms with Crippen molar-refractivity contribution >= 4 is 39.2 Å². The first-order chi connectivity index (χ1) is 14.6. The van der Waals surface area contributed by atoms with E-state index in [1.807, 2.05) is 0 Å². The van der Waals surface area contributed by atoms with E-state index in [9.17, 15) is 22.8 Å². The van der Waals surface area contributed by atoms with Gasteiger partial charge in [0.1, 0.15) is 11.6 Å². The topological polar surface area (TPSA) is 136 Å². The van der Waals surface area contributed by atoms with Gasteiger partial charge in [0.15, 0.2) is 9.84 Å². The van der Waals surface area contributed by atoms with E-state index in [0.717, 1.165) is 13.4 Å². The van der Waals surface area contributed by atoms with Crippen molar-refractivity contribution in [2.24, 2.45) is 5.92 Å². The van der Waals surface area contributed by atoms with Crippen molar-refractivity contribution in [3.05, 3.63) is 17.7 Å². The molecule has 0 aromatic heterocycles. The fourth-order valence-electron chi connectivity index (χ4n) is 3.56. The van der Waals surface area contributed by atoms with Crippen molar-refractivity contribution in [3.8, 4) is 0 Å². The zero-order valence-electron chi connectivity index (χ0n) is 19.5. The SMILES string of the molecule is COC(=O)c1cc(N)c(N2CCN(C(=O)OC(C)(C)C)[C@H](C(C)C)C2=O)cc1S(C)(=O)=O. The van der Waals surface area contributed by atoms with Crippen LogP contribution in [0.25, 0.3) is 0 Å². The van der Waals surface area contributed by atoms with Crippen LogP contribution in [0.2, 0.25) is 0 Å². The van der Waals surface area contributed by atoms with E-state index in [-0.39, 0.29) is 40.8 Å². The van der Waals surface area contributed by atoms with Gasteiger partial charge in [-0.05, 0) is 38.8 Å². The fraction of sp³-hybridized carbons (Fsp3) is 0.571. The predicted molar refractivity (Wildman–Crippen MR) is 119 cm³/mol. The number of hydrogen-bond donors (Lipinski definition) is 1. The van der Waals surface area contributed by atoms with Gasteiger partial charge in [0.25, 0.3) is 0 Å². The summed E-state index contributed by atoms with van der Waals surface area (Å²) in [5.74, 6) is -1.53. The lowest BCUT2D eigenvalue weighted by atomic mass is 9.98. The summed E-state index contributed by atoms with van der Waals surface area (Å²) >= 11 is 0. The first kappa shape index (κ1) is 25.4. The normalized spacial score (nSPS) is 17.5. The van der Waals surface area contributed by atoms with E-state index in [1.54, 1.807) is 34.6 Å². The van der Waals surface area contributed by atoms with E-state index in [2.05, 4.69) is 4.74 Å². The zero-order chi connectivity index (χ0) is 24.6. The smallest absolute Gasteiger partial charge is 0.411 e. The molecule has 2 N–H and O–H groups in total. The third-order valence-corrected chi connectivity index (χ3v) is 6.04. The maximum atomic E-state index is 13.4. The lowest BCUT2D eigenvalue weighted by Crippen LogP contribution is -2.61. The molecule has 1 aliphatic heterocycles. The second-order valence-corrected chi connectivity index (χ2v) is 11.0. The monoisotopic (exact) mass is 469 g/mol. The molecule has 11 heteroatoms. The summed E-state index contributed by atoms with van der Waals surface area (Å²) in [6.07, 6.45) is 0.350. The molecule has 2 rings (SSSR count). The van der Waals surface area contributed by atoms with Gasteiger partial charge in [-0.1, -0.05) is 13.8 Å². The van der Waals surface area contributed by atoms with E-state index in [4.69, 9.17) is 10.5 Å². The molecule has 1 saturated heterocycles. The number of nitrogens with zero attached hydrogens (tertiary/aromatic N) is 2. The molecule has 0 aliphatic carbocycles. The van der Waals surface area contributed by atoms with Gasteiger partial charge in [-0.25, -0.2) is 18.0 Å². The summed E-state index contributed by atoms with van der Waals surface area (Å²) in [5, 5.41) is 0. The van der Waals surface area contributed by atoms with E-state index < -0.39 is 39.4 Å². The lowest BCUT2D eigenvalue weighted by molar-refractivity contribution is -0.127. The average molecular weight is 470 g/mol. The van der Waals surface area contributed by atoms with Gasteiger partial charge >= 0.3 is 12.1 Å². The van der Waals surface area contributed by atoms with E-state index in [1.165, 1.54) is 21.9 Å². The van der Waals surface area contributed by atoms with Crippen LogP contribution in [0, 0.1) is 5.92 Å². The number of amides is 2. The highest BCUT2D eigenvalue weighted by Gasteiger charge is 2.42. The van der Waals surface area contributed by atoms with Gasteiger partial charge in [0, 0.05) is 19.3 Å². The second kappa shape index (κ2) is 8.97. The van der Waals surface area contributed by atoms with Crippen LogP contribution in [-0.2, 0) is 24.1 Å². The Kier molecular flexibility index (Phi) is 7.13. The third-order valence-electron chi connectivity index (χ3n) is 4.90. The molecule has 1 aromatic carbocycles. The van der Waals surface area contributed by atoms with Crippen molar-refractivity contribution in [1.82, 2.24) is 4.90 Å². The minimum atomic E-state index is -3.84. The molecule has 178 valence electrons. The van der Waals surface area contributed by atoms with Crippen molar-refractivity contribution in [3.63, 3.8) is 0 Å². The Hall–Kier alpha value is -2.82.